The maximum atomic E-state index is 13.5. The Balaban J connectivity index is 1.65. The molecule has 1 N–H and O–H groups in total. The molecule has 1 aliphatic rings. The van der Waals surface area contributed by atoms with E-state index in [1.54, 1.807) is 22.1 Å². The number of hydrazone groups is 1. The zero-order chi connectivity index (χ0) is 19.8. The topological polar surface area (TPSA) is 59.3 Å². The SMILES string of the molecule is Cc1ccc(-n2c(N/N=C/c3ccccc3)nc3sc4c(c3c2=O)CCC4)cc1. The molecular formula is C23H20N4OS. The van der Waals surface area contributed by atoms with Gasteiger partial charge in [-0.2, -0.15) is 5.10 Å². The Morgan fingerprint density at radius 2 is 1.90 bits per heavy atom. The maximum Gasteiger partial charge on any atom is 0.268 e. The van der Waals surface area contributed by atoms with E-state index in [-0.39, 0.29) is 5.56 Å². The number of anilines is 1. The van der Waals surface area contributed by atoms with Gasteiger partial charge in [0.15, 0.2) is 0 Å². The van der Waals surface area contributed by atoms with E-state index in [0.717, 1.165) is 46.3 Å². The van der Waals surface area contributed by atoms with Crippen molar-refractivity contribution in [2.75, 3.05) is 5.43 Å². The molecule has 0 amide bonds. The second kappa shape index (κ2) is 7.29. The van der Waals surface area contributed by atoms with Gasteiger partial charge in [0, 0.05) is 4.88 Å². The molecule has 29 heavy (non-hydrogen) atoms. The summed E-state index contributed by atoms with van der Waals surface area (Å²) in [5, 5.41) is 5.10. The van der Waals surface area contributed by atoms with Crippen LogP contribution >= 0.6 is 11.3 Å². The predicted molar refractivity (Wildman–Crippen MR) is 120 cm³/mol. The van der Waals surface area contributed by atoms with Gasteiger partial charge >= 0.3 is 0 Å². The molecule has 0 saturated heterocycles. The molecule has 0 bridgehead atoms. The van der Waals surface area contributed by atoms with Gasteiger partial charge in [-0.05, 0) is 49.4 Å². The summed E-state index contributed by atoms with van der Waals surface area (Å²) in [4.78, 5) is 20.4. The lowest BCUT2D eigenvalue weighted by atomic mass is 10.2. The van der Waals surface area contributed by atoms with Crippen molar-refractivity contribution in [3.05, 3.63) is 86.5 Å². The Morgan fingerprint density at radius 1 is 1.10 bits per heavy atom. The Bertz CT molecular complexity index is 1270. The highest BCUT2D eigenvalue weighted by atomic mass is 32.1. The largest absolute Gasteiger partial charge is 0.268 e. The molecule has 1 aliphatic carbocycles. The number of fused-ring (bicyclic) bond motifs is 3. The van der Waals surface area contributed by atoms with Crippen molar-refractivity contribution in [2.24, 2.45) is 5.10 Å². The molecular weight excluding hydrogens is 380 g/mol. The van der Waals surface area contributed by atoms with Gasteiger partial charge in [-0.3, -0.25) is 4.79 Å². The van der Waals surface area contributed by atoms with Crippen molar-refractivity contribution in [1.29, 1.82) is 0 Å². The third kappa shape index (κ3) is 3.25. The zero-order valence-electron chi connectivity index (χ0n) is 16.1. The minimum Gasteiger partial charge on any atom is -0.268 e. The molecule has 5 nitrogen and oxygen atoms in total. The maximum absolute atomic E-state index is 13.5. The molecule has 5 rings (SSSR count). The van der Waals surface area contributed by atoms with Crippen LogP contribution in [0.2, 0.25) is 0 Å². The first-order chi connectivity index (χ1) is 14.2. The van der Waals surface area contributed by atoms with Crippen LogP contribution in [0.4, 0.5) is 5.95 Å². The van der Waals surface area contributed by atoms with Crippen LogP contribution in [0.3, 0.4) is 0 Å². The summed E-state index contributed by atoms with van der Waals surface area (Å²) in [7, 11) is 0. The molecule has 0 unspecified atom stereocenters. The molecule has 0 spiro atoms. The number of hydrogen-bond donors (Lipinski definition) is 1. The summed E-state index contributed by atoms with van der Waals surface area (Å²) in [6.07, 6.45) is 4.83. The van der Waals surface area contributed by atoms with E-state index in [2.05, 4.69) is 10.5 Å². The minimum atomic E-state index is -0.0318. The van der Waals surface area contributed by atoms with Crippen LogP contribution in [0.5, 0.6) is 0 Å². The van der Waals surface area contributed by atoms with Gasteiger partial charge in [-0.1, -0.05) is 48.0 Å². The molecule has 2 heterocycles. The van der Waals surface area contributed by atoms with Gasteiger partial charge in [0.05, 0.1) is 17.3 Å². The average Bonchev–Trinajstić information content (AvgIpc) is 3.31. The first-order valence-corrected chi connectivity index (χ1v) is 10.5. The van der Waals surface area contributed by atoms with E-state index in [1.807, 2.05) is 61.5 Å². The molecule has 144 valence electrons. The van der Waals surface area contributed by atoms with Crippen LogP contribution in [0.25, 0.3) is 15.9 Å². The van der Waals surface area contributed by atoms with Gasteiger partial charge in [0.25, 0.3) is 5.56 Å². The minimum absolute atomic E-state index is 0.0318. The van der Waals surface area contributed by atoms with E-state index in [1.165, 1.54) is 10.4 Å². The van der Waals surface area contributed by atoms with Crippen LogP contribution in [0.15, 0.2) is 64.5 Å². The molecule has 0 saturated carbocycles. The standard InChI is InChI=1S/C23H20N4OS/c1-15-10-12-17(13-11-15)27-22(28)20-18-8-5-9-19(18)29-21(20)25-23(27)26-24-14-16-6-3-2-4-7-16/h2-4,6-7,10-14H,5,8-9H2,1H3,(H,25,26)/b24-14+. The predicted octanol–water partition coefficient (Wildman–Crippen LogP) is 4.69. The highest BCUT2D eigenvalue weighted by molar-refractivity contribution is 7.18. The lowest BCUT2D eigenvalue weighted by Gasteiger charge is -2.12. The summed E-state index contributed by atoms with van der Waals surface area (Å²) < 4.78 is 1.63. The molecule has 6 heteroatoms. The molecule has 2 aromatic carbocycles. The lowest BCUT2D eigenvalue weighted by molar-refractivity contribution is 0.913. The van der Waals surface area contributed by atoms with Crippen molar-refractivity contribution >= 4 is 33.7 Å². The number of aromatic nitrogens is 2. The lowest BCUT2D eigenvalue weighted by Crippen LogP contribution is -2.22. The van der Waals surface area contributed by atoms with Gasteiger partial charge < -0.3 is 0 Å². The number of benzene rings is 2. The van der Waals surface area contributed by atoms with Crippen molar-refractivity contribution in [3.63, 3.8) is 0 Å². The molecule has 0 fully saturated rings. The summed E-state index contributed by atoms with van der Waals surface area (Å²) in [6, 6.07) is 17.7. The summed E-state index contributed by atoms with van der Waals surface area (Å²) in [6.45, 7) is 2.03. The summed E-state index contributed by atoms with van der Waals surface area (Å²) >= 11 is 1.63. The zero-order valence-corrected chi connectivity index (χ0v) is 16.9. The first-order valence-electron chi connectivity index (χ1n) is 9.69. The van der Waals surface area contributed by atoms with E-state index >= 15 is 0 Å². The van der Waals surface area contributed by atoms with E-state index < -0.39 is 0 Å². The number of thiophene rings is 1. The van der Waals surface area contributed by atoms with Crippen LogP contribution in [0.1, 0.15) is 28.0 Å². The van der Waals surface area contributed by atoms with Crippen molar-refractivity contribution in [1.82, 2.24) is 9.55 Å². The third-order valence-corrected chi connectivity index (χ3v) is 6.39. The molecule has 0 radical (unpaired) electrons. The van der Waals surface area contributed by atoms with Gasteiger partial charge in [-0.25, -0.2) is 15.0 Å². The fourth-order valence-electron chi connectivity index (χ4n) is 3.76. The highest BCUT2D eigenvalue weighted by Gasteiger charge is 2.23. The smallest absolute Gasteiger partial charge is 0.268 e. The van der Waals surface area contributed by atoms with E-state index in [0.29, 0.717) is 5.95 Å². The van der Waals surface area contributed by atoms with Gasteiger partial charge in [0.1, 0.15) is 4.83 Å². The third-order valence-electron chi connectivity index (χ3n) is 5.21. The number of rotatable bonds is 4. The second-order valence-corrected chi connectivity index (χ2v) is 8.31. The molecule has 4 aromatic rings. The first kappa shape index (κ1) is 17.8. The number of nitrogens with zero attached hydrogens (tertiary/aromatic N) is 3. The number of hydrogen-bond acceptors (Lipinski definition) is 5. The Labute approximate surface area is 172 Å². The summed E-state index contributed by atoms with van der Waals surface area (Å²) in [5.74, 6) is 0.429. The number of aryl methyl sites for hydroxylation is 3. The average molecular weight is 401 g/mol. The fourth-order valence-corrected chi connectivity index (χ4v) is 5.01. The Hall–Kier alpha value is -3.25. The number of nitrogens with one attached hydrogen (secondary N) is 1. The van der Waals surface area contributed by atoms with E-state index in [9.17, 15) is 4.79 Å². The fraction of sp³-hybridized carbons (Fsp3) is 0.174. The highest BCUT2D eigenvalue weighted by Crippen LogP contribution is 2.35. The monoisotopic (exact) mass is 400 g/mol. The molecule has 2 aromatic heterocycles. The van der Waals surface area contributed by atoms with Gasteiger partial charge in [-0.15, -0.1) is 11.3 Å². The normalized spacial score (nSPS) is 13.3. The van der Waals surface area contributed by atoms with Gasteiger partial charge in [0.2, 0.25) is 5.95 Å². The van der Waals surface area contributed by atoms with Crippen molar-refractivity contribution in [3.8, 4) is 5.69 Å². The van der Waals surface area contributed by atoms with Crippen molar-refractivity contribution in [2.45, 2.75) is 26.2 Å². The van der Waals surface area contributed by atoms with Crippen LogP contribution in [-0.4, -0.2) is 15.8 Å². The van der Waals surface area contributed by atoms with Crippen LogP contribution in [0, 0.1) is 6.92 Å². The van der Waals surface area contributed by atoms with Crippen LogP contribution in [-0.2, 0) is 12.8 Å². The Morgan fingerprint density at radius 3 is 2.69 bits per heavy atom. The molecule has 0 atom stereocenters. The second-order valence-electron chi connectivity index (χ2n) is 7.23. The van der Waals surface area contributed by atoms with Crippen molar-refractivity contribution < 1.29 is 0 Å². The summed E-state index contributed by atoms with van der Waals surface area (Å²) in [5.41, 5.74) is 7.05. The van der Waals surface area contributed by atoms with E-state index in [4.69, 9.17) is 4.98 Å². The Kier molecular flexibility index (Phi) is 4.48. The quantitative estimate of drug-likeness (QED) is 0.399. The molecule has 0 aliphatic heterocycles. The van der Waals surface area contributed by atoms with Crippen LogP contribution < -0.4 is 11.0 Å².